The van der Waals surface area contributed by atoms with Crippen molar-refractivity contribution in [3.8, 4) is 0 Å². The molecular weight excluding hydrogens is 136 g/mol. The highest BCUT2D eigenvalue weighted by Crippen LogP contribution is 1.84. The first-order chi connectivity index (χ1) is 4.81. The molecule has 0 rings (SSSR count). The summed E-state index contributed by atoms with van der Waals surface area (Å²) < 4.78 is 0. The Labute approximate surface area is 58.3 Å². The van der Waals surface area contributed by atoms with Gasteiger partial charge in [0.2, 0.25) is 0 Å². The van der Waals surface area contributed by atoms with E-state index in [2.05, 4.69) is 20.0 Å². The van der Waals surface area contributed by atoms with Crippen LogP contribution in [0.3, 0.4) is 0 Å². The fourth-order valence-corrected chi connectivity index (χ4v) is 0.208. The lowest BCUT2D eigenvalue weighted by Gasteiger charge is -1.89. The monoisotopic (exact) mass is 144 g/mol. The lowest BCUT2D eigenvalue weighted by Crippen LogP contribution is -1.98. The molecule has 0 N–H and O–H groups in total. The Morgan fingerprint density at radius 2 is 1.60 bits per heavy atom. The minimum absolute atomic E-state index is 0.948. The van der Waals surface area contributed by atoms with Gasteiger partial charge < -0.3 is 0 Å². The van der Waals surface area contributed by atoms with E-state index in [-0.39, 0.29) is 0 Å². The zero-order valence-electron chi connectivity index (χ0n) is 5.77. The maximum Gasteiger partial charge on any atom is 0.562 e. The minimum Gasteiger partial charge on any atom is -0.281 e. The maximum atomic E-state index is 10.3. The van der Waals surface area contributed by atoms with Crippen molar-refractivity contribution in [1.82, 2.24) is 0 Å². The second kappa shape index (κ2) is 5.74. The molecule has 56 valence electrons. The predicted molar refractivity (Wildman–Crippen MR) is 35.9 cm³/mol. The van der Waals surface area contributed by atoms with Crippen LogP contribution in [0.1, 0.15) is 13.8 Å². The molecule has 0 aromatic carbocycles. The van der Waals surface area contributed by atoms with Gasteiger partial charge in [-0.15, -0.1) is 0 Å². The Bertz CT molecular complexity index is 137. The van der Waals surface area contributed by atoms with E-state index in [0.29, 0.717) is 0 Å². The van der Waals surface area contributed by atoms with Crippen LogP contribution in [0.2, 0.25) is 0 Å². The molecule has 5 nitrogen and oxygen atoms in total. The van der Waals surface area contributed by atoms with Crippen LogP contribution in [-0.4, -0.2) is 18.6 Å². The number of rotatable bonds is 2. The number of nitrogens with zero attached hydrogens (tertiary/aromatic N) is 2. The van der Waals surface area contributed by atoms with Crippen LogP contribution >= 0.6 is 0 Å². The first kappa shape index (κ1) is 8.61. The van der Waals surface area contributed by atoms with E-state index < -0.39 is 6.16 Å². The highest BCUT2D eigenvalue weighted by atomic mass is 16.8. The van der Waals surface area contributed by atoms with Gasteiger partial charge in [0, 0.05) is 12.4 Å². The Kier molecular flexibility index (Phi) is 4.94. The van der Waals surface area contributed by atoms with E-state index >= 15 is 0 Å². The Morgan fingerprint density at radius 3 is 1.90 bits per heavy atom. The van der Waals surface area contributed by atoms with E-state index in [1.165, 1.54) is 12.4 Å². The first-order valence-electron chi connectivity index (χ1n) is 2.65. The van der Waals surface area contributed by atoms with Crippen LogP contribution in [0.25, 0.3) is 0 Å². The Balaban J connectivity index is 3.44. The summed E-state index contributed by atoms with van der Waals surface area (Å²) in [5, 5.41) is 6.30. The standard InChI is InChI=1S/C5H8N2O3/c1-3-6-9-5(8)10-7-4-2/h3-4H,1-2H3/b6-3+,7-4+. The fraction of sp³-hybridized carbons (Fsp3) is 0.400. The van der Waals surface area contributed by atoms with Gasteiger partial charge in [0.25, 0.3) is 0 Å². The van der Waals surface area contributed by atoms with Crippen molar-refractivity contribution in [2.45, 2.75) is 13.8 Å². The average molecular weight is 144 g/mol. The van der Waals surface area contributed by atoms with Gasteiger partial charge in [-0.3, -0.25) is 9.68 Å². The lowest BCUT2D eigenvalue weighted by atomic mass is 10.9. The van der Waals surface area contributed by atoms with Crippen LogP contribution in [0, 0.1) is 0 Å². The van der Waals surface area contributed by atoms with Crippen molar-refractivity contribution in [3.05, 3.63) is 0 Å². The Morgan fingerprint density at radius 1 is 1.20 bits per heavy atom. The van der Waals surface area contributed by atoms with Gasteiger partial charge in [0.15, 0.2) is 0 Å². The summed E-state index contributed by atoms with van der Waals surface area (Å²) in [5.74, 6) is 0. The molecule has 0 saturated heterocycles. The summed E-state index contributed by atoms with van der Waals surface area (Å²) in [7, 11) is 0. The van der Waals surface area contributed by atoms with Crippen molar-refractivity contribution in [2.24, 2.45) is 10.3 Å². The summed E-state index contributed by atoms with van der Waals surface area (Å²) in [6.07, 6.45) is 1.68. The predicted octanol–water partition coefficient (Wildman–Crippen LogP) is 1.15. The fourth-order valence-electron chi connectivity index (χ4n) is 0.208. The molecule has 10 heavy (non-hydrogen) atoms. The summed E-state index contributed by atoms with van der Waals surface area (Å²) in [4.78, 5) is 18.5. The van der Waals surface area contributed by atoms with Crippen molar-refractivity contribution in [1.29, 1.82) is 0 Å². The molecule has 0 atom stereocenters. The largest absolute Gasteiger partial charge is 0.562 e. The van der Waals surface area contributed by atoms with Gasteiger partial charge in [-0.2, -0.15) is 4.79 Å². The molecule has 0 radical (unpaired) electrons. The summed E-state index contributed by atoms with van der Waals surface area (Å²) in [5.41, 5.74) is 0. The molecule has 0 aromatic heterocycles. The van der Waals surface area contributed by atoms with E-state index in [9.17, 15) is 4.79 Å². The molecule has 0 aliphatic rings. The van der Waals surface area contributed by atoms with E-state index in [1.54, 1.807) is 13.8 Å². The average Bonchev–Trinajstić information content (AvgIpc) is 1.97. The van der Waals surface area contributed by atoms with Crippen LogP contribution in [0.15, 0.2) is 10.3 Å². The molecule has 0 aromatic rings. The normalized spacial score (nSPS) is 10.6. The second-order valence-electron chi connectivity index (χ2n) is 1.16. The van der Waals surface area contributed by atoms with Gasteiger partial charge in [-0.25, -0.2) is 0 Å². The van der Waals surface area contributed by atoms with Gasteiger partial charge in [0.05, 0.1) is 0 Å². The maximum absolute atomic E-state index is 10.3. The molecule has 0 fully saturated rings. The van der Waals surface area contributed by atoms with Crippen LogP contribution in [-0.2, 0) is 9.68 Å². The van der Waals surface area contributed by atoms with Gasteiger partial charge in [-0.05, 0) is 13.8 Å². The quantitative estimate of drug-likeness (QED) is 0.332. The lowest BCUT2D eigenvalue weighted by molar-refractivity contribution is 0.0604. The molecule has 5 heteroatoms. The summed E-state index contributed by atoms with van der Waals surface area (Å²) in [6, 6.07) is 0. The third kappa shape index (κ3) is 4.76. The van der Waals surface area contributed by atoms with Crippen LogP contribution < -0.4 is 0 Å². The highest BCUT2D eigenvalue weighted by Gasteiger charge is 1.98. The molecule has 0 aliphatic carbocycles. The zero-order valence-corrected chi connectivity index (χ0v) is 5.77. The molecule has 0 unspecified atom stereocenters. The van der Waals surface area contributed by atoms with E-state index in [0.717, 1.165) is 0 Å². The van der Waals surface area contributed by atoms with E-state index in [1.807, 2.05) is 0 Å². The number of hydrogen-bond acceptors (Lipinski definition) is 5. The van der Waals surface area contributed by atoms with Crippen molar-refractivity contribution in [2.75, 3.05) is 0 Å². The van der Waals surface area contributed by atoms with Gasteiger partial charge >= 0.3 is 6.16 Å². The Hall–Kier alpha value is -1.39. The highest BCUT2D eigenvalue weighted by molar-refractivity contribution is 5.62. The van der Waals surface area contributed by atoms with Crippen molar-refractivity contribution < 1.29 is 14.5 Å². The summed E-state index contributed by atoms with van der Waals surface area (Å²) in [6.45, 7) is 3.22. The smallest absolute Gasteiger partial charge is 0.281 e. The molecule has 0 aliphatic heterocycles. The van der Waals surface area contributed by atoms with E-state index in [4.69, 9.17) is 0 Å². The molecular formula is C5H8N2O3. The molecule has 0 saturated carbocycles. The number of carbonyl (C=O) groups is 1. The second-order valence-corrected chi connectivity index (χ2v) is 1.16. The molecule has 0 amide bonds. The molecule has 0 spiro atoms. The minimum atomic E-state index is -0.948. The van der Waals surface area contributed by atoms with Crippen LogP contribution in [0.5, 0.6) is 0 Å². The third-order valence-electron chi connectivity index (χ3n) is 0.465. The third-order valence-corrected chi connectivity index (χ3v) is 0.465. The van der Waals surface area contributed by atoms with Gasteiger partial charge in [0.1, 0.15) is 0 Å². The van der Waals surface area contributed by atoms with Crippen molar-refractivity contribution >= 4 is 18.6 Å². The molecule has 0 bridgehead atoms. The van der Waals surface area contributed by atoms with Gasteiger partial charge in [-0.1, -0.05) is 10.3 Å². The first-order valence-corrected chi connectivity index (χ1v) is 2.65. The summed E-state index contributed by atoms with van der Waals surface area (Å²) >= 11 is 0. The topological polar surface area (TPSA) is 60.2 Å². The van der Waals surface area contributed by atoms with Crippen molar-refractivity contribution in [3.63, 3.8) is 0 Å². The number of carbonyl (C=O) groups excluding carboxylic acids is 1. The zero-order chi connectivity index (χ0) is 7.82. The number of oxime groups is 2. The molecule has 0 heterocycles. The SMILES string of the molecule is C/C=N/OC(=O)O/N=C/C. The van der Waals surface area contributed by atoms with Crippen LogP contribution in [0.4, 0.5) is 4.79 Å². The number of hydrogen-bond donors (Lipinski definition) is 0.